The van der Waals surface area contributed by atoms with Crippen molar-refractivity contribution < 1.29 is 17.9 Å². The number of hydrogen-bond donors (Lipinski definition) is 0. The number of sulfonamides is 1. The van der Waals surface area contributed by atoms with E-state index in [9.17, 15) is 13.2 Å². The summed E-state index contributed by atoms with van der Waals surface area (Å²) in [4.78, 5) is 15.4. The Morgan fingerprint density at radius 1 is 0.919 bits per heavy atom. The Hall–Kier alpha value is -3.16. The van der Waals surface area contributed by atoms with Crippen LogP contribution in [-0.4, -0.2) is 51.8 Å². The van der Waals surface area contributed by atoms with Gasteiger partial charge in [0.2, 0.25) is 10.0 Å². The van der Waals surface area contributed by atoms with Crippen LogP contribution in [0.15, 0.2) is 71.6 Å². The molecule has 7 heteroatoms. The van der Waals surface area contributed by atoms with Crippen molar-refractivity contribution in [3.8, 4) is 5.75 Å². The predicted molar refractivity (Wildman–Crippen MR) is 148 cm³/mol. The van der Waals surface area contributed by atoms with Crippen LogP contribution in [0.3, 0.4) is 0 Å². The zero-order chi connectivity index (χ0) is 26.4. The molecule has 196 valence electrons. The number of Topliss-reactive ketones (excluding diaryl/α,β-unsaturated/α-hetero) is 1. The number of piperazine rings is 1. The maximum Gasteiger partial charge on any atom is 0.243 e. The summed E-state index contributed by atoms with van der Waals surface area (Å²) in [5.74, 6) is 0.690. The molecule has 0 bridgehead atoms. The van der Waals surface area contributed by atoms with Crippen LogP contribution in [0.25, 0.3) is 0 Å². The van der Waals surface area contributed by atoms with Crippen LogP contribution in [0.2, 0.25) is 0 Å². The molecule has 1 fully saturated rings. The van der Waals surface area contributed by atoms with Gasteiger partial charge in [0.25, 0.3) is 0 Å². The van der Waals surface area contributed by atoms with Crippen LogP contribution >= 0.6 is 0 Å². The lowest BCUT2D eigenvalue weighted by atomic mass is 10.00. The van der Waals surface area contributed by atoms with Gasteiger partial charge in [0.05, 0.1) is 17.7 Å². The Morgan fingerprint density at radius 2 is 1.59 bits per heavy atom. The fourth-order valence-electron chi connectivity index (χ4n) is 4.74. The van der Waals surface area contributed by atoms with Crippen molar-refractivity contribution in [2.45, 2.75) is 44.4 Å². The molecule has 1 saturated heterocycles. The maximum absolute atomic E-state index is 13.6. The Bertz CT molecular complexity index is 1330. The number of rotatable bonds is 10. The monoisotopic (exact) mass is 520 g/mol. The minimum Gasteiger partial charge on any atom is -0.495 e. The lowest BCUT2D eigenvalue weighted by Gasteiger charge is -2.36. The summed E-state index contributed by atoms with van der Waals surface area (Å²) in [6, 6.07) is 20.9. The first-order valence-electron chi connectivity index (χ1n) is 12.9. The number of hydrogen-bond acceptors (Lipinski definition) is 5. The molecule has 0 N–H and O–H groups in total. The van der Waals surface area contributed by atoms with Gasteiger partial charge in [-0.3, -0.25) is 4.79 Å². The highest BCUT2D eigenvalue weighted by Gasteiger charge is 2.31. The number of nitrogens with zero attached hydrogens (tertiary/aromatic N) is 2. The molecule has 1 aliphatic heterocycles. The van der Waals surface area contributed by atoms with Gasteiger partial charge in [0.1, 0.15) is 5.75 Å². The van der Waals surface area contributed by atoms with Gasteiger partial charge in [0, 0.05) is 38.2 Å². The summed E-state index contributed by atoms with van der Waals surface area (Å²) >= 11 is 0. The second-order valence-electron chi connectivity index (χ2n) is 9.56. The van der Waals surface area contributed by atoms with Crippen LogP contribution in [0, 0.1) is 6.92 Å². The molecule has 3 aromatic carbocycles. The number of methoxy groups -OCH3 is 1. The van der Waals surface area contributed by atoms with E-state index in [0.29, 0.717) is 37.3 Å². The fourth-order valence-corrected chi connectivity index (χ4v) is 6.42. The van der Waals surface area contributed by atoms with Crippen molar-refractivity contribution >= 4 is 21.5 Å². The van der Waals surface area contributed by atoms with Crippen LogP contribution in [0.1, 0.15) is 46.8 Å². The van der Waals surface area contributed by atoms with Gasteiger partial charge in [0.15, 0.2) is 5.78 Å². The average Bonchev–Trinajstić information content (AvgIpc) is 2.92. The molecule has 0 spiro atoms. The first kappa shape index (κ1) is 26.9. The molecule has 0 aromatic heterocycles. The zero-order valence-corrected chi connectivity index (χ0v) is 22.8. The molecule has 0 atom stereocenters. The Labute approximate surface area is 220 Å². The van der Waals surface area contributed by atoms with E-state index in [1.807, 2.05) is 36.4 Å². The van der Waals surface area contributed by atoms with Crippen LogP contribution < -0.4 is 9.64 Å². The van der Waals surface area contributed by atoms with Crippen molar-refractivity contribution in [3.63, 3.8) is 0 Å². The van der Waals surface area contributed by atoms with Gasteiger partial charge in [-0.15, -0.1) is 0 Å². The summed E-state index contributed by atoms with van der Waals surface area (Å²) < 4.78 is 34.2. The topological polar surface area (TPSA) is 66.9 Å². The first-order valence-corrected chi connectivity index (χ1v) is 14.4. The van der Waals surface area contributed by atoms with E-state index in [1.54, 1.807) is 32.2 Å². The highest BCUT2D eigenvalue weighted by molar-refractivity contribution is 7.89. The summed E-state index contributed by atoms with van der Waals surface area (Å²) in [6.45, 7) is 5.80. The van der Waals surface area contributed by atoms with Gasteiger partial charge in [-0.1, -0.05) is 61.9 Å². The van der Waals surface area contributed by atoms with Crippen molar-refractivity contribution in [1.82, 2.24) is 4.31 Å². The number of carbonyl (C=O) groups is 1. The predicted octanol–water partition coefficient (Wildman–Crippen LogP) is 5.28. The summed E-state index contributed by atoms with van der Waals surface area (Å²) in [7, 11) is -2.10. The van der Waals surface area contributed by atoms with E-state index < -0.39 is 10.0 Å². The highest BCUT2D eigenvalue weighted by atomic mass is 32.2. The van der Waals surface area contributed by atoms with Crippen LogP contribution in [0.4, 0.5) is 5.69 Å². The van der Waals surface area contributed by atoms with Gasteiger partial charge in [-0.25, -0.2) is 8.42 Å². The molecule has 0 aliphatic carbocycles. The van der Waals surface area contributed by atoms with Crippen LogP contribution in [-0.2, 0) is 22.9 Å². The molecule has 6 nitrogen and oxygen atoms in total. The SMILES string of the molecule is CCCCc1ccc(CC(=O)c2ccc(C)c(S(=O)(=O)N3CCN(c4ccccc4OC)CC3)c2)cc1. The molecular weight excluding hydrogens is 484 g/mol. The zero-order valence-electron chi connectivity index (χ0n) is 21.9. The standard InChI is InChI=1S/C30H36N2O4S/c1-4-5-8-24-12-14-25(15-13-24)21-28(33)26-16-11-23(2)30(22-26)37(34,35)32-19-17-31(18-20-32)27-9-6-7-10-29(27)36-3/h6-7,9-16,22H,4-5,8,17-21H2,1-3H3. The molecular formula is C30H36N2O4S. The second-order valence-corrected chi connectivity index (χ2v) is 11.5. The minimum atomic E-state index is -3.73. The van der Waals surface area contributed by atoms with Crippen LogP contribution in [0.5, 0.6) is 5.75 Å². The fraction of sp³-hybridized carbons (Fsp3) is 0.367. The molecule has 0 unspecified atom stereocenters. The van der Waals surface area contributed by atoms with E-state index in [1.165, 1.54) is 9.87 Å². The smallest absolute Gasteiger partial charge is 0.243 e. The number of ketones is 1. The van der Waals surface area contributed by atoms with Crippen molar-refractivity contribution in [2.75, 3.05) is 38.2 Å². The number of aryl methyl sites for hydroxylation is 2. The molecule has 0 amide bonds. The number of anilines is 1. The molecule has 0 saturated carbocycles. The lowest BCUT2D eigenvalue weighted by Crippen LogP contribution is -2.48. The molecule has 37 heavy (non-hydrogen) atoms. The molecule has 4 rings (SSSR count). The van der Waals surface area contributed by atoms with Gasteiger partial charge >= 0.3 is 0 Å². The van der Waals surface area contributed by atoms with Gasteiger partial charge < -0.3 is 9.64 Å². The van der Waals surface area contributed by atoms with E-state index in [0.717, 1.165) is 36.3 Å². The quantitative estimate of drug-likeness (QED) is 0.340. The lowest BCUT2D eigenvalue weighted by molar-refractivity contribution is 0.0992. The minimum absolute atomic E-state index is 0.0845. The largest absolute Gasteiger partial charge is 0.495 e. The van der Waals surface area contributed by atoms with E-state index in [2.05, 4.69) is 24.0 Å². The van der Waals surface area contributed by atoms with E-state index >= 15 is 0 Å². The number of unbranched alkanes of at least 4 members (excludes halogenated alkanes) is 1. The normalized spacial score (nSPS) is 14.5. The van der Waals surface area contributed by atoms with Crippen molar-refractivity contribution in [1.29, 1.82) is 0 Å². The molecule has 1 heterocycles. The Morgan fingerprint density at radius 3 is 2.27 bits per heavy atom. The third kappa shape index (κ3) is 6.22. The highest BCUT2D eigenvalue weighted by Crippen LogP contribution is 2.30. The summed E-state index contributed by atoms with van der Waals surface area (Å²) in [6.07, 6.45) is 3.58. The summed E-state index contributed by atoms with van der Waals surface area (Å²) in [5.41, 5.74) is 4.23. The third-order valence-corrected chi connectivity index (χ3v) is 9.04. The van der Waals surface area contributed by atoms with Crippen molar-refractivity contribution in [3.05, 3.63) is 89.0 Å². The Kier molecular flexibility index (Phi) is 8.67. The van der Waals surface area contributed by atoms with E-state index in [4.69, 9.17) is 4.74 Å². The van der Waals surface area contributed by atoms with Gasteiger partial charge in [-0.2, -0.15) is 4.31 Å². The molecule has 1 aliphatic rings. The van der Waals surface area contributed by atoms with Gasteiger partial charge in [-0.05, 0) is 54.7 Å². The number of ether oxygens (including phenoxy) is 1. The average molecular weight is 521 g/mol. The summed E-state index contributed by atoms with van der Waals surface area (Å²) in [5, 5.41) is 0. The Balaban J connectivity index is 1.46. The number of carbonyl (C=O) groups excluding carboxylic acids is 1. The molecule has 3 aromatic rings. The second kappa shape index (κ2) is 11.9. The van der Waals surface area contributed by atoms with Crippen molar-refractivity contribution in [2.24, 2.45) is 0 Å². The number of benzene rings is 3. The first-order chi connectivity index (χ1) is 17.8. The third-order valence-electron chi connectivity index (χ3n) is 7.00. The van der Waals surface area contributed by atoms with E-state index in [-0.39, 0.29) is 17.1 Å². The molecule has 0 radical (unpaired) electrons. The number of para-hydroxylation sites is 2. The maximum atomic E-state index is 13.6.